The minimum Gasteiger partial charge on any atom is -0.369 e. The van der Waals surface area contributed by atoms with Crippen LogP contribution in [-0.4, -0.2) is 11.5 Å². The highest BCUT2D eigenvalue weighted by Crippen LogP contribution is 2.25. The Morgan fingerprint density at radius 3 is 2.92 bits per heavy atom. The van der Waals surface area contributed by atoms with E-state index in [4.69, 9.17) is 11.6 Å². The molecule has 0 aliphatic heterocycles. The lowest BCUT2D eigenvalue weighted by molar-refractivity contribution is 0.579. The van der Waals surface area contributed by atoms with Gasteiger partial charge in [-0.25, -0.2) is 4.98 Å². The Balaban J connectivity index is 1.78. The number of thiazole rings is 1. The topological polar surface area (TPSA) is 24.9 Å². The second kappa shape index (κ2) is 4.29. The van der Waals surface area contributed by atoms with E-state index in [0.29, 0.717) is 4.47 Å². The average Bonchev–Trinajstić information content (AvgIpc) is 2.71. The Kier molecular flexibility index (Phi) is 3.06. The number of hydrogen-bond donors (Lipinski definition) is 1. The van der Waals surface area contributed by atoms with Gasteiger partial charge in [-0.05, 0) is 18.8 Å². The van der Waals surface area contributed by atoms with Crippen molar-refractivity contribution in [2.75, 3.05) is 11.9 Å². The van der Waals surface area contributed by atoms with Crippen LogP contribution in [0.5, 0.6) is 0 Å². The molecule has 1 N–H and O–H groups in total. The maximum absolute atomic E-state index is 5.72. The van der Waals surface area contributed by atoms with Gasteiger partial charge in [0.25, 0.3) is 0 Å². The first-order chi connectivity index (χ1) is 6.34. The maximum atomic E-state index is 5.72. The molecule has 0 saturated heterocycles. The fraction of sp³-hybridized carbons (Fsp3) is 0.667. The minimum absolute atomic E-state index is 0.619. The summed E-state index contributed by atoms with van der Waals surface area (Å²) in [5, 5.41) is 5.29. The van der Waals surface area contributed by atoms with Crippen molar-refractivity contribution in [1.29, 1.82) is 0 Å². The first-order valence-corrected chi connectivity index (χ1v) is 5.95. The van der Waals surface area contributed by atoms with Gasteiger partial charge in [0, 0.05) is 11.9 Å². The fourth-order valence-electron chi connectivity index (χ4n) is 1.80. The molecule has 2 nitrogen and oxygen atoms in total. The summed E-state index contributed by atoms with van der Waals surface area (Å²) in [5.41, 5.74) is 0. The summed E-state index contributed by atoms with van der Waals surface area (Å²) in [6, 6.07) is 0. The molecule has 1 aliphatic carbocycles. The number of anilines is 1. The Bertz CT molecular complexity index is 268. The Morgan fingerprint density at radius 2 is 2.31 bits per heavy atom. The largest absolute Gasteiger partial charge is 0.369 e. The number of nitrogens with one attached hydrogen (secondary N) is 1. The van der Waals surface area contributed by atoms with Gasteiger partial charge < -0.3 is 5.32 Å². The van der Waals surface area contributed by atoms with Crippen molar-refractivity contribution < 1.29 is 0 Å². The van der Waals surface area contributed by atoms with Crippen LogP contribution in [0.25, 0.3) is 0 Å². The summed E-state index contributed by atoms with van der Waals surface area (Å²) in [6.07, 6.45) is 5.52. The van der Waals surface area contributed by atoms with Crippen molar-refractivity contribution in [3.63, 3.8) is 0 Å². The van der Waals surface area contributed by atoms with E-state index in [-0.39, 0.29) is 0 Å². The lowest BCUT2D eigenvalue weighted by Crippen LogP contribution is -2.10. The second-order valence-electron chi connectivity index (χ2n) is 3.52. The van der Waals surface area contributed by atoms with Gasteiger partial charge >= 0.3 is 0 Å². The monoisotopic (exact) mass is 216 g/mol. The fourth-order valence-corrected chi connectivity index (χ4v) is 2.52. The van der Waals surface area contributed by atoms with Crippen LogP contribution >= 0.6 is 22.9 Å². The van der Waals surface area contributed by atoms with Crippen molar-refractivity contribution in [3.05, 3.63) is 9.85 Å². The van der Waals surface area contributed by atoms with Crippen LogP contribution in [0, 0.1) is 5.92 Å². The standard InChI is InChI=1S/C9H13ClN2S/c10-9-12-8(6-13-9)11-5-7-3-1-2-4-7/h6-7,11H,1-5H2. The number of hydrogen-bond acceptors (Lipinski definition) is 3. The van der Waals surface area contributed by atoms with E-state index in [9.17, 15) is 0 Å². The molecular weight excluding hydrogens is 204 g/mol. The molecule has 1 heterocycles. The third-order valence-electron chi connectivity index (χ3n) is 2.52. The summed E-state index contributed by atoms with van der Waals surface area (Å²) in [7, 11) is 0. The quantitative estimate of drug-likeness (QED) is 0.838. The van der Waals surface area contributed by atoms with Crippen LogP contribution in [0.1, 0.15) is 25.7 Å². The molecule has 1 fully saturated rings. The molecule has 0 radical (unpaired) electrons. The van der Waals surface area contributed by atoms with Crippen LogP contribution < -0.4 is 5.32 Å². The third kappa shape index (κ3) is 2.58. The zero-order valence-electron chi connectivity index (χ0n) is 7.42. The normalized spacial score (nSPS) is 17.9. The van der Waals surface area contributed by atoms with Crippen LogP contribution in [0.4, 0.5) is 5.82 Å². The molecule has 0 atom stereocenters. The molecule has 1 saturated carbocycles. The predicted octanol–water partition coefficient (Wildman–Crippen LogP) is 3.40. The molecule has 0 aromatic carbocycles. The van der Waals surface area contributed by atoms with Crippen LogP contribution in [0.2, 0.25) is 4.47 Å². The molecule has 0 bridgehead atoms. The highest BCUT2D eigenvalue weighted by atomic mass is 35.5. The number of rotatable bonds is 3. The summed E-state index contributed by atoms with van der Waals surface area (Å²) in [4.78, 5) is 4.14. The summed E-state index contributed by atoms with van der Waals surface area (Å²) in [5.74, 6) is 1.78. The first kappa shape index (κ1) is 9.28. The van der Waals surface area contributed by atoms with Gasteiger partial charge in [-0.2, -0.15) is 0 Å². The molecule has 72 valence electrons. The second-order valence-corrected chi connectivity index (χ2v) is 4.96. The lowest BCUT2D eigenvalue weighted by atomic mass is 10.1. The smallest absolute Gasteiger partial charge is 0.185 e. The molecule has 13 heavy (non-hydrogen) atoms. The third-order valence-corrected chi connectivity index (χ3v) is 3.50. The van der Waals surface area contributed by atoms with Gasteiger partial charge in [0.1, 0.15) is 5.82 Å². The average molecular weight is 217 g/mol. The minimum atomic E-state index is 0.619. The first-order valence-electron chi connectivity index (χ1n) is 4.69. The number of nitrogens with zero attached hydrogens (tertiary/aromatic N) is 1. The molecule has 0 amide bonds. The van der Waals surface area contributed by atoms with Crippen molar-refractivity contribution in [2.24, 2.45) is 5.92 Å². The van der Waals surface area contributed by atoms with Gasteiger partial charge in [-0.3, -0.25) is 0 Å². The molecule has 0 unspecified atom stereocenters. The molecule has 2 rings (SSSR count). The van der Waals surface area contributed by atoms with Gasteiger partial charge in [-0.15, -0.1) is 11.3 Å². The summed E-state index contributed by atoms with van der Waals surface area (Å²) < 4.78 is 0.619. The van der Waals surface area contributed by atoms with E-state index in [1.54, 1.807) is 0 Å². The van der Waals surface area contributed by atoms with Crippen molar-refractivity contribution >= 4 is 28.8 Å². The van der Waals surface area contributed by atoms with E-state index in [0.717, 1.165) is 18.3 Å². The van der Waals surface area contributed by atoms with E-state index < -0.39 is 0 Å². The highest BCUT2D eigenvalue weighted by molar-refractivity contribution is 7.14. The Morgan fingerprint density at radius 1 is 1.54 bits per heavy atom. The van der Waals surface area contributed by atoms with Gasteiger partial charge in [0.15, 0.2) is 4.47 Å². The Labute approximate surface area is 87.3 Å². The predicted molar refractivity (Wildman–Crippen MR) is 57.6 cm³/mol. The zero-order valence-corrected chi connectivity index (χ0v) is 9.00. The number of aromatic nitrogens is 1. The van der Waals surface area contributed by atoms with Crippen LogP contribution in [0.15, 0.2) is 5.38 Å². The summed E-state index contributed by atoms with van der Waals surface area (Å²) in [6.45, 7) is 1.06. The summed E-state index contributed by atoms with van der Waals surface area (Å²) >= 11 is 7.20. The van der Waals surface area contributed by atoms with E-state index in [1.807, 2.05) is 5.38 Å². The number of halogens is 1. The molecule has 0 spiro atoms. The molecule has 1 aromatic heterocycles. The van der Waals surface area contributed by atoms with Crippen LogP contribution in [0.3, 0.4) is 0 Å². The molecule has 1 aromatic rings. The van der Waals surface area contributed by atoms with E-state index in [1.165, 1.54) is 37.0 Å². The maximum Gasteiger partial charge on any atom is 0.185 e. The van der Waals surface area contributed by atoms with E-state index >= 15 is 0 Å². The van der Waals surface area contributed by atoms with Gasteiger partial charge in [0.05, 0.1) is 0 Å². The van der Waals surface area contributed by atoms with Gasteiger partial charge in [-0.1, -0.05) is 24.4 Å². The van der Waals surface area contributed by atoms with E-state index in [2.05, 4.69) is 10.3 Å². The van der Waals surface area contributed by atoms with Crippen LogP contribution in [-0.2, 0) is 0 Å². The lowest BCUT2D eigenvalue weighted by Gasteiger charge is -2.08. The van der Waals surface area contributed by atoms with Crippen molar-refractivity contribution in [3.8, 4) is 0 Å². The SMILES string of the molecule is Clc1nc(NCC2CCCC2)cs1. The van der Waals surface area contributed by atoms with Gasteiger partial charge in [0.2, 0.25) is 0 Å². The molecular formula is C9H13ClN2S. The van der Waals surface area contributed by atoms with Crippen molar-refractivity contribution in [2.45, 2.75) is 25.7 Å². The Hall–Kier alpha value is -0.280. The zero-order chi connectivity index (χ0) is 9.10. The molecule has 1 aliphatic rings. The van der Waals surface area contributed by atoms with Crippen molar-refractivity contribution in [1.82, 2.24) is 4.98 Å². The molecule has 4 heteroatoms. The highest BCUT2D eigenvalue weighted by Gasteiger charge is 2.14.